The number of allylic oxidation sites excluding steroid dienone is 10. The van der Waals surface area contributed by atoms with Crippen molar-refractivity contribution in [3.63, 3.8) is 0 Å². The number of carboxylic acids is 1. The Morgan fingerprint density at radius 1 is 0.453 bits per heavy atom. The van der Waals surface area contributed by atoms with Gasteiger partial charge in [-0.15, -0.1) is 0 Å². The molecule has 1 fully saturated rings. The molecule has 12 heteroatoms. The van der Waals surface area contributed by atoms with Gasteiger partial charge < -0.3 is 39.0 Å². The van der Waals surface area contributed by atoms with E-state index in [0.717, 1.165) is 77.0 Å². The number of unbranched alkanes of at least 4 members (excludes halogenated alkanes) is 27. The van der Waals surface area contributed by atoms with Crippen molar-refractivity contribution in [2.24, 2.45) is 0 Å². The molecule has 12 nitrogen and oxygen atoms in total. The van der Waals surface area contributed by atoms with Gasteiger partial charge in [0.15, 0.2) is 24.6 Å². The summed E-state index contributed by atoms with van der Waals surface area (Å²) in [5.41, 5.74) is 0. The van der Waals surface area contributed by atoms with Crippen LogP contribution < -0.4 is 0 Å². The lowest BCUT2D eigenvalue weighted by Crippen LogP contribution is -2.61. The van der Waals surface area contributed by atoms with Crippen molar-refractivity contribution in [1.82, 2.24) is 0 Å². The number of hydrogen-bond acceptors (Lipinski definition) is 11. The molecular weight excluding hydrogens is 949 g/mol. The monoisotopic (exact) mass is 1060 g/mol. The minimum atomic E-state index is -1.91. The van der Waals surface area contributed by atoms with Crippen LogP contribution in [0.2, 0.25) is 0 Å². The minimum Gasteiger partial charge on any atom is -0.479 e. The van der Waals surface area contributed by atoms with Gasteiger partial charge in [-0.2, -0.15) is 0 Å². The second kappa shape index (κ2) is 51.2. The average Bonchev–Trinajstić information content (AvgIpc) is 3.39. The lowest BCUT2D eigenvalue weighted by molar-refractivity contribution is -0.301. The standard InChI is InChI=1S/C63H108O12/c1-4-7-10-13-16-19-22-25-26-27-28-29-30-33-36-39-42-45-48-51-57(66)74-61-59(68)58(67)60(62(69)70)75-63(61)72-53-54(73-56(65)50-47-44-41-38-35-32-24-21-18-15-12-9-6-3)52-71-55(64)49-46-43-40-37-34-31-23-20-17-14-11-8-5-2/h8,11,17,20,25-26,31,34,40,43,54,58-61,63,67-68H,4-7,9-10,12-16,18-19,21-24,27-30,32-33,35-39,41-42,44-53H2,1-3H3,(H,69,70)/b11-8-,20-17-,26-25-,34-31-,43-40-. The Hall–Kier alpha value is -3.58. The third-order valence-electron chi connectivity index (χ3n) is 13.6. The van der Waals surface area contributed by atoms with Crippen LogP contribution in [-0.4, -0.2) is 89.2 Å². The lowest BCUT2D eigenvalue weighted by atomic mass is 9.98. The van der Waals surface area contributed by atoms with Gasteiger partial charge in [-0.05, 0) is 70.6 Å². The van der Waals surface area contributed by atoms with Crippen LogP contribution in [-0.2, 0) is 42.9 Å². The second-order valence-corrected chi connectivity index (χ2v) is 20.6. The summed E-state index contributed by atoms with van der Waals surface area (Å²) in [6.45, 7) is 5.82. The van der Waals surface area contributed by atoms with E-state index in [0.29, 0.717) is 19.3 Å². The summed E-state index contributed by atoms with van der Waals surface area (Å²) < 4.78 is 28.4. The number of aliphatic carboxylic acids is 1. The van der Waals surface area contributed by atoms with Crippen LogP contribution in [0.25, 0.3) is 0 Å². The third-order valence-corrected chi connectivity index (χ3v) is 13.6. The van der Waals surface area contributed by atoms with Crippen molar-refractivity contribution in [3.05, 3.63) is 60.8 Å². The summed E-state index contributed by atoms with van der Waals surface area (Å²) in [6.07, 6.45) is 50.6. The highest BCUT2D eigenvalue weighted by Crippen LogP contribution is 2.26. The molecule has 6 atom stereocenters. The number of rotatable bonds is 51. The van der Waals surface area contributed by atoms with Gasteiger partial charge in [0.25, 0.3) is 0 Å². The zero-order valence-corrected chi connectivity index (χ0v) is 47.5. The maximum Gasteiger partial charge on any atom is 0.335 e. The number of carbonyl (C=O) groups is 4. The molecule has 0 bridgehead atoms. The van der Waals surface area contributed by atoms with Gasteiger partial charge in [-0.25, -0.2) is 4.79 Å². The molecule has 1 heterocycles. The number of carbonyl (C=O) groups excluding carboxylic acids is 3. The molecule has 1 aliphatic heterocycles. The van der Waals surface area contributed by atoms with Crippen LogP contribution in [0.3, 0.4) is 0 Å². The number of ether oxygens (including phenoxy) is 5. The number of carboxylic acid groups (broad SMARTS) is 1. The number of aliphatic hydroxyl groups excluding tert-OH is 2. The van der Waals surface area contributed by atoms with Crippen molar-refractivity contribution in [1.29, 1.82) is 0 Å². The van der Waals surface area contributed by atoms with E-state index >= 15 is 0 Å². The van der Waals surface area contributed by atoms with Crippen LogP contribution in [0.4, 0.5) is 0 Å². The normalized spacial score (nSPS) is 18.5. The summed E-state index contributed by atoms with van der Waals surface area (Å²) >= 11 is 0. The molecule has 0 amide bonds. The van der Waals surface area contributed by atoms with E-state index in [1.54, 1.807) is 0 Å². The first kappa shape index (κ1) is 69.4. The van der Waals surface area contributed by atoms with Crippen LogP contribution in [0, 0.1) is 0 Å². The van der Waals surface area contributed by atoms with Gasteiger partial charge >= 0.3 is 23.9 Å². The first-order valence-electron chi connectivity index (χ1n) is 30.3. The molecule has 0 aliphatic carbocycles. The van der Waals surface area contributed by atoms with Gasteiger partial charge in [0.2, 0.25) is 0 Å². The van der Waals surface area contributed by atoms with E-state index in [9.17, 15) is 34.5 Å². The molecule has 0 aromatic rings. The quantitative estimate of drug-likeness (QED) is 0.0228. The molecule has 432 valence electrons. The first-order chi connectivity index (χ1) is 36.6. The van der Waals surface area contributed by atoms with Gasteiger partial charge in [0.1, 0.15) is 18.8 Å². The summed E-state index contributed by atoms with van der Waals surface area (Å²) in [5, 5.41) is 31.5. The van der Waals surface area contributed by atoms with Gasteiger partial charge in [0, 0.05) is 19.3 Å². The molecule has 1 saturated heterocycles. The summed E-state index contributed by atoms with van der Waals surface area (Å²) in [7, 11) is 0. The summed E-state index contributed by atoms with van der Waals surface area (Å²) in [5.74, 6) is -3.21. The van der Waals surface area contributed by atoms with Gasteiger partial charge in [-0.3, -0.25) is 14.4 Å². The average molecular weight is 1060 g/mol. The maximum atomic E-state index is 13.1. The molecule has 0 saturated carbocycles. The fraction of sp³-hybridized carbons (Fsp3) is 0.778. The molecular formula is C63H108O12. The van der Waals surface area contributed by atoms with Crippen molar-refractivity contribution < 1.29 is 58.2 Å². The van der Waals surface area contributed by atoms with Crippen molar-refractivity contribution in [2.45, 2.75) is 302 Å². The molecule has 75 heavy (non-hydrogen) atoms. The number of hydrogen-bond donors (Lipinski definition) is 3. The largest absolute Gasteiger partial charge is 0.479 e. The highest BCUT2D eigenvalue weighted by Gasteiger charge is 2.50. The van der Waals surface area contributed by atoms with Crippen LogP contribution in [0.5, 0.6) is 0 Å². The number of aliphatic hydroxyl groups is 2. The molecule has 0 radical (unpaired) electrons. The topological polar surface area (TPSA) is 175 Å². The maximum absolute atomic E-state index is 13.1. The number of esters is 3. The molecule has 3 N–H and O–H groups in total. The fourth-order valence-corrected chi connectivity index (χ4v) is 8.97. The Balaban J connectivity index is 2.68. The Kier molecular flexibility index (Phi) is 47.4. The highest BCUT2D eigenvalue weighted by molar-refractivity contribution is 5.74. The molecule has 1 aliphatic rings. The zero-order chi connectivity index (χ0) is 54.7. The van der Waals surface area contributed by atoms with Gasteiger partial charge in [0.05, 0.1) is 6.61 Å². The molecule has 0 spiro atoms. The van der Waals surface area contributed by atoms with E-state index < -0.39 is 67.3 Å². The predicted octanol–water partition coefficient (Wildman–Crippen LogP) is 15.6. The molecule has 6 unspecified atom stereocenters. The van der Waals surface area contributed by atoms with Crippen molar-refractivity contribution in [3.8, 4) is 0 Å². The fourth-order valence-electron chi connectivity index (χ4n) is 8.97. The highest BCUT2D eigenvalue weighted by atomic mass is 16.7. The third kappa shape index (κ3) is 41.2. The van der Waals surface area contributed by atoms with Crippen LogP contribution in [0.1, 0.15) is 265 Å². The smallest absolute Gasteiger partial charge is 0.335 e. The molecule has 1 rings (SSSR count). The molecule has 0 aromatic heterocycles. The van der Waals surface area contributed by atoms with E-state index in [2.05, 4.69) is 69.4 Å². The second-order valence-electron chi connectivity index (χ2n) is 20.6. The van der Waals surface area contributed by atoms with Gasteiger partial charge in [-0.1, -0.05) is 236 Å². The zero-order valence-electron chi connectivity index (χ0n) is 47.5. The summed E-state index contributed by atoms with van der Waals surface area (Å²) in [6, 6.07) is 0. The van der Waals surface area contributed by atoms with Crippen molar-refractivity contribution in [2.75, 3.05) is 13.2 Å². The van der Waals surface area contributed by atoms with E-state index in [-0.39, 0.29) is 25.9 Å². The Bertz CT molecular complexity index is 1540. The van der Waals surface area contributed by atoms with Crippen molar-refractivity contribution >= 4 is 23.9 Å². The molecule has 0 aromatic carbocycles. The lowest BCUT2D eigenvalue weighted by Gasteiger charge is -2.40. The first-order valence-corrected chi connectivity index (χ1v) is 30.3. The van der Waals surface area contributed by atoms with E-state index in [1.165, 1.54) is 128 Å². The van der Waals surface area contributed by atoms with E-state index in [1.807, 2.05) is 12.2 Å². The Morgan fingerprint density at radius 2 is 0.867 bits per heavy atom. The van der Waals surface area contributed by atoms with Crippen LogP contribution in [0.15, 0.2) is 60.8 Å². The van der Waals surface area contributed by atoms with Crippen LogP contribution >= 0.6 is 0 Å². The Labute approximate surface area is 456 Å². The Morgan fingerprint density at radius 3 is 1.33 bits per heavy atom. The minimum absolute atomic E-state index is 0.0526. The SMILES string of the molecule is CC/C=C\C/C=C\C/C=C\C/C=C\CCC(=O)OCC(COC1OC(C(=O)O)C(O)C(O)C1OC(=O)CCCCCCCCCCC/C=C\CCCCCCCC)OC(=O)CCCCCCCCCCCCCCC. The van der Waals surface area contributed by atoms with E-state index in [4.69, 9.17) is 23.7 Å². The summed E-state index contributed by atoms with van der Waals surface area (Å²) in [4.78, 5) is 51.1. The predicted molar refractivity (Wildman–Crippen MR) is 303 cm³/mol.